The molecule has 1 N–H and O–H groups in total. The van der Waals surface area contributed by atoms with Crippen LogP contribution in [0.4, 0.5) is 0 Å². The van der Waals surface area contributed by atoms with Crippen LogP contribution in [0.5, 0.6) is 5.75 Å². The van der Waals surface area contributed by atoms with E-state index in [0.29, 0.717) is 24.4 Å². The van der Waals surface area contributed by atoms with Crippen LogP contribution in [0.2, 0.25) is 0 Å². The minimum Gasteiger partial charge on any atom is -0.483 e. The first-order valence-corrected chi connectivity index (χ1v) is 10.8. The molecule has 0 saturated carbocycles. The number of nitrogens with zero attached hydrogens (tertiary/aromatic N) is 3. The van der Waals surface area contributed by atoms with Crippen LogP contribution in [0.15, 0.2) is 50.4 Å². The molecule has 3 aromatic rings. The van der Waals surface area contributed by atoms with Crippen LogP contribution in [0.3, 0.4) is 0 Å². The minimum atomic E-state index is -3.68. The van der Waals surface area contributed by atoms with Crippen molar-refractivity contribution in [3.8, 4) is 28.8 Å². The summed E-state index contributed by atoms with van der Waals surface area (Å²) in [4.78, 5) is 15.7. The van der Waals surface area contributed by atoms with Gasteiger partial charge in [0.1, 0.15) is 5.75 Å². The molecule has 1 aromatic carbocycles. The average molecular weight is 432 g/mol. The van der Waals surface area contributed by atoms with E-state index < -0.39 is 10.0 Å². The Hall–Kier alpha value is -3.18. The number of furan rings is 1. The summed E-state index contributed by atoms with van der Waals surface area (Å²) in [6, 6.07) is 9.79. The Morgan fingerprint density at radius 1 is 1.20 bits per heavy atom. The molecule has 1 aliphatic heterocycles. The van der Waals surface area contributed by atoms with Gasteiger partial charge in [0, 0.05) is 20.1 Å². The van der Waals surface area contributed by atoms with Gasteiger partial charge in [0.2, 0.25) is 10.9 Å². The van der Waals surface area contributed by atoms with Crippen molar-refractivity contribution in [2.24, 2.45) is 0 Å². The van der Waals surface area contributed by atoms with Crippen LogP contribution in [0, 0.1) is 0 Å². The fourth-order valence-corrected chi connectivity index (χ4v) is 4.48. The zero-order valence-electron chi connectivity index (χ0n) is 16.2. The Morgan fingerprint density at radius 3 is 2.73 bits per heavy atom. The molecule has 3 heterocycles. The summed E-state index contributed by atoms with van der Waals surface area (Å²) in [6.07, 6.45) is 1.67. The predicted octanol–water partition coefficient (Wildman–Crippen LogP) is 1.91. The molecule has 0 spiro atoms. The molecule has 11 heteroatoms. The van der Waals surface area contributed by atoms with Gasteiger partial charge in [-0.05, 0) is 37.1 Å². The summed E-state index contributed by atoms with van der Waals surface area (Å²) in [6.45, 7) is 0.806. The second-order valence-electron chi connectivity index (χ2n) is 6.61. The number of hydrogen-bond acceptors (Lipinski definition) is 8. The summed E-state index contributed by atoms with van der Waals surface area (Å²) < 4.78 is 42.9. The van der Waals surface area contributed by atoms with E-state index in [9.17, 15) is 13.2 Å². The topological polar surface area (TPSA) is 128 Å². The number of hydrogen-bond donors (Lipinski definition) is 1. The number of carbonyl (C=O) groups excluding carboxylic acids is 1. The van der Waals surface area contributed by atoms with E-state index in [0.717, 1.165) is 12.8 Å². The molecule has 0 radical (unpaired) electrons. The number of amides is 1. The van der Waals surface area contributed by atoms with Gasteiger partial charge >= 0.3 is 0 Å². The van der Waals surface area contributed by atoms with Crippen LogP contribution in [0.1, 0.15) is 12.8 Å². The molecule has 4 rings (SSSR count). The van der Waals surface area contributed by atoms with Crippen molar-refractivity contribution in [1.29, 1.82) is 0 Å². The Morgan fingerprint density at radius 2 is 1.97 bits per heavy atom. The number of nitrogens with one attached hydrogen (secondary N) is 1. The van der Waals surface area contributed by atoms with Crippen LogP contribution < -0.4 is 10.1 Å². The SMILES string of the molecule is CNC(=O)COc1ccccc1-c1noc(-c2ccc(S(=O)(=O)N3CCCC3)o2)n1. The van der Waals surface area contributed by atoms with Crippen molar-refractivity contribution in [2.75, 3.05) is 26.7 Å². The maximum atomic E-state index is 12.6. The molecule has 10 nitrogen and oxygen atoms in total. The van der Waals surface area contributed by atoms with Gasteiger partial charge < -0.3 is 19.0 Å². The molecule has 0 bridgehead atoms. The van der Waals surface area contributed by atoms with Crippen molar-refractivity contribution in [2.45, 2.75) is 17.9 Å². The van der Waals surface area contributed by atoms with Crippen LogP contribution in [-0.2, 0) is 14.8 Å². The van der Waals surface area contributed by atoms with Crippen LogP contribution in [0.25, 0.3) is 23.0 Å². The lowest BCUT2D eigenvalue weighted by Gasteiger charge is -2.12. The predicted molar refractivity (Wildman–Crippen MR) is 105 cm³/mol. The first kappa shape index (κ1) is 20.1. The number of likely N-dealkylation sites (N-methyl/N-ethyl adjacent to an activating group) is 1. The second kappa shape index (κ2) is 8.28. The number of ether oxygens (including phenoxy) is 1. The smallest absolute Gasteiger partial charge is 0.294 e. The minimum absolute atomic E-state index is 0.0361. The van der Waals surface area contributed by atoms with E-state index in [4.69, 9.17) is 13.7 Å². The molecule has 1 amide bonds. The standard InChI is InChI=1S/C19H20N4O6S/c1-20-16(24)12-27-14-7-3-2-6-13(14)18-21-19(29-22-18)15-8-9-17(28-15)30(25,26)23-10-4-5-11-23/h2-3,6-9H,4-5,10-12H2,1H3,(H,20,24). The van der Waals surface area contributed by atoms with Crippen molar-refractivity contribution >= 4 is 15.9 Å². The summed E-state index contributed by atoms with van der Waals surface area (Å²) >= 11 is 0. The highest BCUT2D eigenvalue weighted by Crippen LogP contribution is 2.31. The highest BCUT2D eigenvalue weighted by molar-refractivity contribution is 7.89. The largest absolute Gasteiger partial charge is 0.483 e. The van der Waals surface area contributed by atoms with Crippen molar-refractivity contribution in [3.63, 3.8) is 0 Å². The number of rotatable bonds is 7. The Bertz CT molecular complexity index is 1150. The third kappa shape index (κ3) is 3.94. The summed E-state index contributed by atoms with van der Waals surface area (Å²) in [5.74, 6) is 0.535. The molecule has 158 valence electrons. The number of carbonyl (C=O) groups is 1. The second-order valence-corrected chi connectivity index (χ2v) is 8.48. The average Bonchev–Trinajstić information content (AvgIpc) is 3.52. The zero-order valence-corrected chi connectivity index (χ0v) is 17.0. The fourth-order valence-electron chi connectivity index (χ4n) is 3.06. The Balaban J connectivity index is 1.57. The first-order valence-electron chi connectivity index (χ1n) is 9.36. The quantitative estimate of drug-likeness (QED) is 0.600. The van der Waals surface area contributed by atoms with Gasteiger partial charge in [-0.15, -0.1) is 0 Å². The lowest BCUT2D eigenvalue weighted by atomic mass is 10.2. The van der Waals surface area contributed by atoms with Gasteiger partial charge in [-0.3, -0.25) is 4.79 Å². The van der Waals surface area contributed by atoms with Crippen LogP contribution >= 0.6 is 0 Å². The van der Waals surface area contributed by atoms with Crippen molar-refractivity contribution in [3.05, 3.63) is 36.4 Å². The molecule has 30 heavy (non-hydrogen) atoms. The number of aromatic nitrogens is 2. The van der Waals surface area contributed by atoms with Gasteiger partial charge in [0.25, 0.3) is 21.8 Å². The van der Waals surface area contributed by atoms with Crippen LogP contribution in [-0.4, -0.2) is 55.5 Å². The summed E-state index contributed by atoms with van der Waals surface area (Å²) in [5.41, 5.74) is 0.521. The van der Waals surface area contributed by atoms with Gasteiger partial charge in [0.15, 0.2) is 12.4 Å². The molecule has 1 aliphatic rings. The lowest BCUT2D eigenvalue weighted by Crippen LogP contribution is -2.27. The van der Waals surface area contributed by atoms with E-state index >= 15 is 0 Å². The van der Waals surface area contributed by atoms with Crippen molar-refractivity contribution in [1.82, 2.24) is 19.8 Å². The Labute approximate surface area is 172 Å². The molecule has 0 unspecified atom stereocenters. The fraction of sp³-hybridized carbons (Fsp3) is 0.316. The zero-order chi connectivity index (χ0) is 21.1. The highest BCUT2D eigenvalue weighted by atomic mass is 32.2. The summed E-state index contributed by atoms with van der Waals surface area (Å²) in [7, 11) is -2.16. The van der Waals surface area contributed by atoms with E-state index in [1.807, 2.05) is 0 Å². The molecule has 2 aromatic heterocycles. The number of para-hydroxylation sites is 1. The third-order valence-corrected chi connectivity index (χ3v) is 6.42. The normalized spacial score (nSPS) is 14.7. The van der Waals surface area contributed by atoms with Gasteiger partial charge in [0.05, 0.1) is 5.56 Å². The maximum Gasteiger partial charge on any atom is 0.294 e. The molecular formula is C19H20N4O6S. The number of benzene rings is 1. The third-order valence-electron chi connectivity index (χ3n) is 4.64. The maximum absolute atomic E-state index is 12.6. The highest BCUT2D eigenvalue weighted by Gasteiger charge is 2.30. The molecule has 0 aliphatic carbocycles. The molecule has 1 fully saturated rings. The monoisotopic (exact) mass is 432 g/mol. The van der Waals surface area contributed by atoms with E-state index in [2.05, 4.69) is 15.5 Å². The molecular weight excluding hydrogens is 412 g/mol. The molecule has 0 atom stereocenters. The van der Waals surface area contributed by atoms with E-state index in [-0.39, 0.29) is 35.1 Å². The van der Waals surface area contributed by atoms with Gasteiger partial charge in [-0.25, -0.2) is 8.42 Å². The molecule has 1 saturated heterocycles. The number of sulfonamides is 1. The summed E-state index contributed by atoms with van der Waals surface area (Å²) in [5, 5.41) is 6.25. The van der Waals surface area contributed by atoms with E-state index in [1.165, 1.54) is 23.5 Å². The first-order chi connectivity index (χ1) is 14.5. The Kier molecular flexibility index (Phi) is 5.55. The van der Waals surface area contributed by atoms with E-state index in [1.54, 1.807) is 24.3 Å². The van der Waals surface area contributed by atoms with Crippen molar-refractivity contribution < 1.29 is 26.9 Å². The lowest BCUT2D eigenvalue weighted by molar-refractivity contribution is -0.122. The van der Waals surface area contributed by atoms with Gasteiger partial charge in [-0.1, -0.05) is 17.3 Å². The van der Waals surface area contributed by atoms with Gasteiger partial charge in [-0.2, -0.15) is 9.29 Å².